The number of hydrogen-bond acceptors (Lipinski definition) is 4. The molecule has 1 amide bonds. The second-order valence-corrected chi connectivity index (χ2v) is 6.18. The minimum absolute atomic E-state index is 0.0118. The molecule has 0 spiro atoms. The molecule has 0 radical (unpaired) electrons. The van der Waals surface area contributed by atoms with Crippen molar-refractivity contribution in [2.75, 3.05) is 11.4 Å². The average Bonchev–Trinajstić information content (AvgIpc) is 2.66. The van der Waals surface area contributed by atoms with Crippen LogP contribution in [0.25, 0.3) is 10.9 Å². The van der Waals surface area contributed by atoms with Crippen molar-refractivity contribution in [2.24, 2.45) is 0 Å². The molecule has 136 valence electrons. The van der Waals surface area contributed by atoms with Crippen LogP contribution in [-0.2, 0) is 11.3 Å². The second-order valence-electron chi connectivity index (χ2n) is 5.74. The Bertz CT molecular complexity index is 1110. The van der Waals surface area contributed by atoms with Crippen LogP contribution in [-0.4, -0.2) is 22.0 Å². The molecule has 0 saturated carbocycles. The van der Waals surface area contributed by atoms with Crippen molar-refractivity contribution >= 4 is 34.1 Å². The molecule has 0 saturated heterocycles. The maximum Gasteiger partial charge on any atom is 0.261 e. The quantitative estimate of drug-likeness (QED) is 0.677. The first kappa shape index (κ1) is 18.5. The summed E-state index contributed by atoms with van der Waals surface area (Å²) in [4.78, 5) is 30.7. The van der Waals surface area contributed by atoms with E-state index >= 15 is 0 Å². The van der Waals surface area contributed by atoms with Gasteiger partial charge in [0.25, 0.3) is 5.56 Å². The molecule has 8 heteroatoms. The number of benzene rings is 2. The van der Waals surface area contributed by atoms with E-state index in [1.165, 1.54) is 30.6 Å². The van der Waals surface area contributed by atoms with Gasteiger partial charge in [0.2, 0.25) is 5.91 Å². The number of anilines is 1. The van der Waals surface area contributed by atoms with Crippen LogP contribution in [0.4, 0.5) is 10.1 Å². The molecule has 1 heterocycles. The van der Waals surface area contributed by atoms with Gasteiger partial charge in [-0.15, -0.1) is 0 Å². The van der Waals surface area contributed by atoms with Crippen LogP contribution in [0.3, 0.4) is 0 Å². The topological polar surface area (TPSA) is 79.0 Å². The number of halogens is 2. The zero-order chi connectivity index (χ0) is 19.4. The van der Waals surface area contributed by atoms with Crippen molar-refractivity contribution in [3.63, 3.8) is 0 Å². The van der Waals surface area contributed by atoms with Gasteiger partial charge in [-0.05, 0) is 30.3 Å². The monoisotopic (exact) mass is 384 g/mol. The maximum absolute atomic E-state index is 14.1. The van der Waals surface area contributed by atoms with Crippen LogP contribution in [0.2, 0.25) is 5.02 Å². The number of aromatic nitrogens is 2. The number of carbonyl (C=O) groups is 1. The van der Waals surface area contributed by atoms with Crippen molar-refractivity contribution in [3.8, 4) is 6.07 Å². The predicted molar refractivity (Wildman–Crippen MR) is 100.0 cm³/mol. The molecule has 0 N–H and O–H groups in total. The van der Waals surface area contributed by atoms with Gasteiger partial charge in [0.1, 0.15) is 12.4 Å². The van der Waals surface area contributed by atoms with E-state index in [1.54, 1.807) is 18.2 Å². The summed E-state index contributed by atoms with van der Waals surface area (Å²) in [6.07, 6.45) is 1.29. The van der Waals surface area contributed by atoms with Crippen LogP contribution in [0.1, 0.15) is 6.42 Å². The minimum Gasteiger partial charge on any atom is -0.307 e. The number of nitrogens with zero attached hydrogens (tertiary/aromatic N) is 4. The van der Waals surface area contributed by atoms with Gasteiger partial charge in [0, 0.05) is 11.6 Å². The Morgan fingerprint density at radius 1 is 1.30 bits per heavy atom. The van der Waals surface area contributed by atoms with E-state index in [2.05, 4.69) is 4.98 Å². The minimum atomic E-state index is -0.584. The Morgan fingerprint density at radius 2 is 2.07 bits per heavy atom. The highest BCUT2D eigenvalue weighted by molar-refractivity contribution is 6.31. The number of carbonyl (C=O) groups excluding carboxylic acids is 1. The molecule has 0 atom stereocenters. The molecule has 0 bridgehead atoms. The van der Waals surface area contributed by atoms with Crippen molar-refractivity contribution in [2.45, 2.75) is 13.0 Å². The maximum atomic E-state index is 14.1. The van der Waals surface area contributed by atoms with Crippen LogP contribution in [0.15, 0.2) is 53.6 Å². The van der Waals surface area contributed by atoms with Crippen molar-refractivity contribution < 1.29 is 9.18 Å². The lowest BCUT2D eigenvalue weighted by Crippen LogP contribution is -2.37. The van der Waals surface area contributed by atoms with Gasteiger partial charge in [-0.25, -0.2) is 9.37 Å². The Hall–Kier alpha value is -3.24. The zero-order valence-corrected chi connectivity index (χ0v) is 14.9. The van der Waals surface area contributed by atoms with E-state index in [1.807, 2.05) is 6.07 Å². The first-order valence-electron chi connectivity index (χ1n) is 8.08. The molecule has 0 aliphatic carbocycles. The molecule has 3 aromatic rings. The van der Waals surface area contributed by atoms with E-state index in [0.717, 1.165) is 9.47 Å². The molecule has 0 aliphatic heterocycles. The lowest BCUT2D eigenvalue weighted by atomic mass is 10.2. The lowest BCUT2D eigenvalue weighted by Gasteiger charge is -2.22. The Kier molecular flexibility index (Phi) is 5.48. The second kappa shape index (κ2) is 7.98. The van der Waals surface area contributed by atoms with Gasteiger partial charge in [0.05, 0.1) is 35.4 Å². The highest BCUT2D eigenvalue weighted by Gasteiger charge is 2.20. The third kappa shape index (κ3) is 3.96. The fourth-order valence-corrected chi connectivity index (χ4v) is 2.86. The molecule has 0 fully saturated rings. The van der Waals surface area contributed by atoms with Gasteiger partial charge in [-0.2, -0.15) is 5.26 Å². The van der Waals surface area contributed by atoms with Gasteiger partial charge in [-0.1, -0.05) is 23.7 Å². The van der Waals surface area contributed by atoms with Gasteiger partial charge < -0.3 is 4.90 Å². The average molecular weight is 385 g/mol. The molecule has 1 aromatic heterocycles. The molecule has 27 heavy (non-hydrogen) atoms. The molecule has 6 nitrogen and oxygen atoms in total. The number of para-hydroxylation sites is 1. The molecule has 0 aliphatic rings. The lowest BCUT2D eigenvalue weighted by molar-refractivity contribution is -0.119. The molecule has 3 rings (SSSR count). The number of nitriles is 1. The Labute approximate surface area is 159 Å². The fourth-order valence-electron chi connectivity index (χ4n) is 2.69. The SMILES string of the molecule is N#CCCN(C(=O)Cn1cnc2ccc(Cl)cc2c1=O)c1ccccc1F. The highest BCUT2D eigenvalue weighted by Crippen LogP contribution is 2.20. The summed E-state index contributed by atoms with van der Waals surface area (Å²) in [5.74, 6) is -1.11. The van der Waals surface area contributed by atoms with Crippen LogP contribution < -0.4 is 10.5 Å². The summed E-state index contributed by atoms with van der Waals surface area (Å²) in [5.41, 5.74) is 0.0933. The van der Waals surface area contributed by atoms with Crippen LogP contribution >= 0.6 is 11.6 Å². The highest BCUT2D eigenvalue weighted by atomic mass is 35.5. The van der Waals surface area contributed by atoms with E-state index < -0.39 is 17.3 Å². The largest absolute Gasteiger partial charge is 0.307 e. The number of fused-ring (bicyclic) bond motifs is 1. The van der Waals surface area contributed by atoms with Crippen LogP contribution in [0, 0.1) is 17.1 Å². The normalized spacial score (nSPS) is 10.6. The van der Waals surface area contributed by atoms with Crippen molar-refractivity contribution in [1.82, 2.24) is 9.55 Å². The Balaban J connectivity index is 1.95. The predicted octanol–water partition coefficient (Wildman–Crippen LogP) is 3.14. The molecule has 2 aromatic carbocycles. The molecular weight excluding hydrogens is 371 g/mol. The number of amides is 1. The number of rotatable bonds is 5. The standard InChI is InChI=1S/C19H14ClFN4O2/c20-13-6-7-16-14(10-13)19(27)24(12-23-16)11-18(26)25(9-3-8-22)17-5-2-1-4-15(17)21/h1-2,4-7,10,12H,3,9,11H2. The third-order valence-electron chi connectivity index (χ3n) is 3.98. The summed E-state index contributed by atoms with van der Waals surface area (Å²) < 4.78 is 15.3. The van der Waals surface area contributed by atoms with E-state index in [0.29, 0.717) is 10.5 Å². The zero-order valence-electron chi connectivity index (χ0n) is 14.1. The third-order valence-corrected chi connectivity index (χ3v) is 4.22. The summed E-state index contributed by atoms with van der Waals surface area (Å²) in [7, 11) is 0. The van der Waals surface area contributed by atoms with Crippen molar-refractivity contribution in [1.29, 1.82) is 5.26 Å². The molecular formula is C19H14ClFN4O2. The van der Waals surface area contributed by atoms with Gasteiger partial charge in [-0.3, -0.25) is 14.2 Å². The van der Waals surface area contributed by atoms with Crippen molar-refractivity contribution in [3.05, 3.63) is 70.0 Å². The molecule has 0 unspecified atom stereocenters. The fraction of sp³-hybridized carbons (Fsp3) is 0.158. The smallest absolute Gasteiger partial charge is 0.261 e. The first-order valence-corrected chi connectivity index (χ1v) is 8.45. The van der Waals surface area contributed by atoms with E-state index in [4.69, 9.17) is 16.9 Å². The summed E-state index contributed by atoms with van der Waals surface area (Å²) >= 11 is 5.93. The summed E-state index contributed by atoms with van der Waals surface area (Å²) in [6.45, 7) is -0.327. The Morgan fingerprint density at radius 3 is 2.81 bits per heavy atom. The summed E-state index contributed by atoms with van der Waals surface area (Å²) in [5, 5.41) is 9.50. The first-order chi connectivity index (χ1) is 13.0. The summed E-state index contributed by atoms with van der Waals surface area (Å²) in [6, 6.07) is 12.4. The van der Waals surface area contributed by atoms with Gasteiger partial charge in [0.15, 0.2) is 0 Å². The van der Waals surface area contributed by atoms with Gasteiger partial charge >= 0.3 is 0 Å². The van der Waals surface area contributed by atoms with E-state index in [-0.39, 0.29) is 30.6 Å². The van der Waals surface area contributed by atoms with E-state index in [9.17, 15) is 14.0 Å². The number of hydrogen-bond donors (Lipinski definition) is 0. The van der Waals surface area contributed by atoms with Crippen LogP contribution in [0.5, 0.6) is 0 Å².